The highest BCUT2D eigenvalue weighted by atomic mass is 79.9. The van der Waals surface area contributed by atoms with Crippen molar-refractivity contribution in [3.63, 3.8) is 0 Å². The summed E-state index contributed by atoms with van der Waals surface area (Å²) in [5.74, 6) is -0.202. The van der Waals surface area contributed by atoms with Gasteiger partial charge in [0.2, 0.25) is 10.0 Å². The van der Waals surface area contributed by atoms with Crippen LogP contribution >= 0.6 is 15.9 Å². The Bertz CT molecular complexity index is 665. The first-order valence-electron chi connectivity index (χ1n) is 7.08. The molecular formula is C14H18BrFN2O2S. The van der Waals surface area contributed by atoms with E-state index in [9.17, 15) is 12.8 Å². The number of sulfonamides is 1. The second kappa shape index (κ2) is 5.61. The van der Waals surface area contributed by atoms with Crippen LogP contribution in [0.25, 0.3) is 0 Å². The molecule has 1 aromatic rings. The number of fused-ring (bicyclic) bond motifs is 2. The van der Waals surface area contributed by atoms with Crippen molar-refractivity contribution in [2.24, 2.45) is 5.92 Å². The minimum absolute atomic E-state index is 0.0473. The van der Waals surface area contributed by atoms with E-state index in [1.807, 2.05) is 0 Å². The van der Waals surface area contributed by atoms with Gasteiger partial charge in [-0.1, -0.05) is 15.9 Å². The molecule has 1 saturated heterocycles. The van der Waals surface area contributed by atoms with Crippen LogP contribution in [0.15, 0.2) is 21.5 Å². The molecule has 2 fully saturated rings. The van der Waals surface area contributed by atoms with Crippen molar-refractivity contribution in [1.82, 2.24) is 9.62 Å². The van der Waals surface area contributed by atoms with E-state index in [-0.39, 0.29) is 10.9 Å². The van der Waals surface area contributed by atoms with E-state index >= 15 is 0 Å². The fourth-order valence-corrected chi connectivity index (χ4v) is 5.96. The molecule has 1 saturated carbocycles. The van der Waals surface area contributed by atoms with Gasteiger partial charge in [0.15, 0.2) is 0 Å². The highest BCUT2D eigenvalue weighted by Gasteiger charge is 2.45. The second-order valence-electron chi connectivity index (χ2n) is 5.81. The van der Waals surface area contributed by atoms with Crippen molar-refractivity contribution in [2.45, 2.75) is 36.7 Å². The standard InChI is InChI=1S/C14H18BrFN2O2S/c1-17-7-10-5-11(15)6-13(14(10)16)21(19,20)18-8-9-2-3-12(18)4-9/h5-6,9,12,17H,2-4,7-8H2,1H3. The number of rotatable bonds is 4. The van der Waals surface area contributed by atoms with Gasteiger partial charge in [0, 0.05) is 29.2 Å². The number of benzene rings is 1. The molecule has 2 bridgehead atoms. The second-order valence-corrected chi connectivity index (χ2v) is 8.59. The molecule has 21 heavy (non-hydrogen) atoms. The van der Waals surface area contributed by atoms with Crippen molar-refractivity contribution in [3.05, 3.63) is 28.0 Å². The number of hydrogen-bond donors (Lipinski definition) is 1. The van der Waals surface area contributed by atoms with Crippen LogP contribution in [0.5, 0.6) is 0 Å². The average Bonchev–Trinajstić information content (AvgIpc) is 3.05. The summed E-state index contributed by atoms with van der Waals surface area (Å²) in [6.07, 6.45) is 2.89. The molecule has 7 heteroatoms. The maximum atomic E-state index is 14.6. The maximum absolute atomic E-state index is 14.6. The summed E-state index contributed by atoms with van der Waals surface area (Å²) in [5.41, 5.74) is 0.356. The lowest BCUT2D eigenvalue weighted by atomic mass is 10.1. The lowest BCUT2D eigenvalue weighted by Gasteiger charge is -2.26. The highest BCUT2D eigenvalue weighted by molar-refractivity contribution is 9.10. The lowest BCUT2D eigenvalue weighted by molar-refractivity contribution is 0.332. The molecule has 1 aliphatic heterocycles. The summed E-state index contributed by atoms with van der Waals surface area (Å²) in [6, 6.07) is 3.03. The van der Waals surface area contributed by atoms with Gasteiger partial charge in [-0.2, -0.15) is 4.31 Å². The van der Waals surface area contributed by atoms with Crippen LogP contribution in [0.4, 0.5) is 4.39 Å². The smallest absolute Gasteiger partial charge is 0.246 e. The average molecular weight is 377 g/mol. The van der Waals surface area contributed by atoms with Gasteiger partial charge in [0.1, 0.15) is 10.7 Å². The molecule has 2 unspecified atom stereocenters. The Labute approximate surface area is 132 Å². The van der Waals surface area contributed by atoms with E-state index in [2.05, 4.69) is 21.2 Å². The Morgan fingerprint density at radius 1 is 1.43 bits per heavy atom. The predicted octanol–water partition coefficient (Wildman–Crippen LogP) is 2.48. The van der Waals surface area contributed by atoms with E-state index in [0.717, 1.165) is 19.3 Å². The monoisotopic (exact) mass is 376 g/mol. The Morgan fingerprint density at radius 2 is 2.19 bits per heavy atom. The molecular weight excluding hydrogens is 359 g/mol. The molecule has 1 aliphatic carbocycles. The maximum Gasteiger partial charge on any atom is 0.246 e. The normalized spacial score (nSPS) is 25.7. The first-order valence-corrected chi connectivity index (χ1v) is 9.31. The third-order valence-corrected chi connectivity index (χ3v) is 6.77. The summed E-state index contributed by atoms with van der Waals surface area (Å²) in [7, 11) is -2.06. The molecule has 0 aromatic heterocycles. The summed E-state index contributed by atoms with van der Waals surface area (Å²) in [4.78, 5) is -0.213. The minimum Gasteiger partial charge on any atom is -0.316 e. The summed E-state index contributed by atoms with van der Waals surface area (Å²) in [6.45, 7) is 0.820. The zero-order valence-electron chi connectivity index (χ0n) is 11.8. The molecule has 1 aromatic carbocycles. The number of piperidine rings is 1. The SMILES string of the molecule is CNCc1cc(Br)cc(S(=O)(=O)N2CC3CCC2C3)c1F. The van der Waals surface area contributed by atoms with Crippen LogP contribution in [0.2, 0.25) is 0 Å². The fourth-order valence-electron chi connectivity index (χ4n) is 3.43. The van der Waals surface area contributed by atoms with Gasteiger partial charge >= 0.3 is 0 Å². The van der Waals surface area contributed by atoms with E-state index in [1.165, 1.54) is 10.4 Å². The van der Waals surface area contributed by atoms with Crippen LogP contribution in [0.1, 0.15) is 24.8 Å². The summed E-state index contributed by atoms with van der Waals surface area (Å²) < 4.78 is 42.2. The van der Waals surface area contributed by atoms with Crippen LogP contribution in [0, 0.1) is 11.7 Å². The van der Waals surface area contributed by atoms with Crippen LogP contribution in [-0.2, 0) is 16.6 Å². The van der Waals surface area contributed by atoms with Crippen molar-refractivity contribution < 1.29 is 12.8 Å². The van der Waals surface area contributed by atoms with Crippen molar-refractivity contribution in [1.29, 1.82) is 0 Å². The largest absolute Gasteiger partial charge is 0.316 e. The van der Waals surface area contributed by atoms with E-state index < -0.39 is 15.8 Å². The zero-order valence-corrected chi connectivity index (χ0v) is 14.2. The number of hydrogen-bond acceptors (Lipinski definition) is 3. The van der Waals surface area contributed by atoms with Gasteiger partial charge in [-0.05, 0) is 44.4 Å². The number of nitrogens with zero attached hydrogens (tertiary/aromatic N) is 1. The van der Waals surface area contributed by atoms with Gasteiger partial charge in [0.05, 0.1) is 0 Å². The molecule has 3 rings (SSSR count). The van der Waals surface area contributed by atoms with Crippen molar-refractivity contribution >= 4 is 26.0 Å². The first-order chi connectivity index (χ1) is 9.93. The highest BCUT2D eigenvalue weighted by Crippen LogP contribution is 2.41. The van der Waals surface area contributed by atoms with Crippen molar-refractivity contribution in [2.75, 3.05) is 13.6 Å². The Hall–Kier alpha value is -0.500. The quantitative estimate of drug-likeness (QED) is 0.877. The molecule has 0 spiro atoms. The van der Waals surface area contributed by atoms with Gasteiger partial charge < -0.3 is 5.32 Å². The molecule has 2 atom stereocenters. The molecule has 1 N–H and O–H groups in total. The minimum atomic E-state index is -3.76. The van der Waals surface area contributed by atoms with Gasteiger partial charge in [-0.15, -0.1) is 0 Å². The first kappa shape index (κ1) is 15.4. The molecule has 116 valence electrons. The third kappa shape index (κ3) is 2.65. The Balaban J connectivity index is 2.03. The topological polar surface area (TPSA) is 49.4 Å². The van der Waals surface area contributed by atoms with E-state index in [0.29, 0.717) is 29.0 Å². The molecule has 2 aliphatic rings. The molecule has 0 amide bonds. The number of halogens is 2. The Morgan fingerprint density at radius 3 is 2.76 bits per heavy atom. The van der Waals surface area contributed by atoms with Gasteiger partial charge in [0.25, 0.3) is 0 Å². The zero-order chi connectivity index (χ0) is 15.2. The van der Waals surface area contributed by atoms with Gasteiger partial charge in [-0.25, -0.2) is 12.8 Å². The number of nitrogens with one attached hydrogen (secondary N) is 1. The fraction of sp³-hybridized carbons (Fsp3) is 0.571. The molecule has 4 nitrogen and oxygen atoms in total. The predicted molar refractivity (Wildman–Crippen MR) is 81.9 cm³/mol. The molecule has 1 heterocycles. The van der Waals surface area contributed by atoms with E-state index in [1.54, 1.807) is 13.1 Å². The van der Waals surface area contributed by atoms with Crippen LogP contribution in [-0.4, -0.2) is 32.4 Å². The van der Waals surface area contributed by atoms with Crippen LogP contribution in [0.3, 0.4) is 0 Å². The summed E-state index contributed by atoms with van der Waals surface area (Å²) in [5, 5.41) is 2.86. The molecule has 0 radical (unpaired) electrons. The Kier molecular flexibility index (Phi) is 4.11. The van der Waals surface area contributed by atoms with Crippen molar-refractivity contribution in [3.8, 4) is 0 Å². The van der Waals surface area contributed by atoms with E-state index in [4.69, 9.17) is 0 Å². The lowest BCUT2D eigenvalue weighted by Crippen LogP contribution is -2.38. The van der Waals surface area contributed by atoms with Gasteiger partial charge in [-0.3, -0.25) is 0 Å². The third-order valence-electron chi connectivity index (χ3n) is 4.39. The van der Waals surface area contributed by atoms with Crippen LogP contribution < -0.4 is 5.32 Å². The summed E-state index contributed by atoms with van der Waals surface area (Å²) >= 11 is 3.28.